The minimum Gasteiger partial charge on any atom is -0.361 e. The lowest BCUT2D eigenvalue weighted by atomic mass is 10.1. The SMILES string of the molecule is Cc1noc(C)c1CCC(=O)N[C@@H](C)Cn1nc2c(C)cc3ccccc3n2c1=O. The molecule has 1 aromatic carbocycles. The summed E-state index contributed by atoms with van der Waals surface area (Å²) < 4.78 is 8.20. The normalized spacial score (nSPS) is 12.5. The summed E-state index contributed by atoms with van der Waals surface area (Å²) in [5.41, 5.74) is 3.97. The maximum atomic E-state index is 13.0. The average Bonchev–Trinajstić information content (AvgIpc) is 3.20. The van der Waals surface area contributed by atoms with Gasteiger partial charge in [0, 0.05) is 18.0 Å². The molecule has 1 N–H and O–H groups in total. The van der Waals surface area contributed by atoms with Gasteiger partial charge in [-0.1, -0.05) is 23.4 Å². The molecule has 0 aliphatic rings. The molecule has 0 radical (unpaired) electrons. The maximum absolute atomic E-state index is 13.0. The molecule has 0 unspecified atom stereocenters. The van der Waals surface area contributed by atoms with E-state index in [1.165, 1.54) is 4.68 Å². The van der Waals surface area contributed by atoms with E-state index in [0.717, 1.165) is 33.5 Å². The lowest BCUT2D eigenvalue weighted by Crippen LogP contribution is -2.38. The number of nitrogens with one attached hydrogen (secondary N) is 1. The third kappa shape index (κ3) is 3.60. The number of aromatic nitrogens is 4. The van der Waals surface area contributed by atoms with Gasteiger partial charge in [-0.25, -0.2) is 13.9 Å². The number of carbonyl (C=O) groups excluding carboxylic acids is 1. The van der Waals surface area contributed by atoms with Crippen LogP contribution < -0.4 is 11.0 Å². The highest BCUT2D eigenvalue weighted by Gasteiger charge is 2.16. The minimum atomic E-state index is -0.239. The minimum absolute atomic E-state index is 0.0825. The lowest BCUT2D eigenvalue weighted by molar-refractivity contribution is -0.121. The second-order valence-corrected chi connectivity index (χ2v) is 7.78. The van der Waals surface area contributed by atoms with Crippen molar-refractivity contribution >= 4 is 22.5 Å². The zero-order valence-electron chi connectivity index (χ0n) is 17.6. The molecule has 156 valence electrons. The fraction of sp³-hybridized carbons (Fsp3) is 0.364. The van der Waals surface area contributed by atoms with E-state index in [1.807, 2.05) is 58.0 Å². The number of fused-ring (bicyclic) bond motifs is 3. The summed E-state index contributed by atoms with van der Waals surface area (Å²) in [5.74, 6) is 0.660. The van der Waals surface area contributed by atoms with Gasteiger partial charge in [0.2, 0.25) is 5.91 Å². The molecule has 0 bridgehead atoms. The number of pyridine rings is 1. The Morgan fingerprint density at radius 2 is 2.00 bits per heavy atom. The van der Waals surface area contributed by atoms with Gasteiger partial charge < -0.3 is 9.84 Å². The zero-order chi connectivity index (χ0) is 21.4. The van der Waals surface area contributed by atoms with E-state index in [0.29, 0.717) is 25.0 Å². The molecule has 0 saturated heterocycles. The highest BCUT2D eigenvalue weighted by atomic mass is 16.5. The maximum Gasteiger partial charge on any atom is 0.350 e. The predicted octanol–water partition coefficient (Wildman–Crippen LogP) is 2.70. The molecule has 1 atom stereocenters. The molecule has 8 heteroatoms. The molecule has 8 nitrogen and oxygen atoms in total. The third-order valence-corrected chi connectivity index (χ3v) is 5.38. The van der Waals surface area contributed by atoms with E-state index < -0.39 is 0 Å². The van der Waals surface area contributed by atoms with Crippen LogP contribution in [0, 0.1) is 20.8 Å². The Bertz CT molecular complexity index is 1280. The Morgan fingerprint density at radius 1 is 1.23 bits per heavy atom. The number of amides is 1. The molecular formula is C22H25N5O3. The summed E-state index contributed by atoms with van der Waals surface area (Å²) in [5, 5.41) is 12.4. The van der Waals surface area contributed by atoms with Crippen LogP contribution in [0.1, 0.15) is 35.9 Å². The molecule has 30 heavy (non-hydrogen) atoms. The number of benzene rings is 1. The molecule has 1 amide bonds. The standard InChI is InChI=1S/C22H25N5O3/c1-13-11-17-7-5-6-8-19(17)27-21(13)24-26(22(27)29)12-14(2)23-20(28)10-9-18-15(3)25-30-16(18)4/h5-8,11,14H,9-10,12H2,1-4H3,(H,23,28)/t14-/m0/s1. The van der Waals surface area contributed by atoms with Crippen LogP contribution in [0.3, 0.4) is 0 Å². The number of hydrogen-bond donors (Lipinski definition) is 1. The van der Waals surface area contributed by atoms with Crippen molar-refractivity contribution in [3.63, 3.8) is 0 Å². The molecular weight excluding hydrogens is 382 g/mol. The molecule has 0 saturated carbocycles. The molecule has 0 aliphatic carbocycles. The van der Waals surface area contributed by atoms with Crippen LogP contribution in [0.25, 0.3) is 16.6 Å². The summed E-state index contributed by atoms with van der Waals surface area (Å²) in [6.45, 7) is 7.82. The van der Waals surface area contributed by atoms with E-state index in [2.05, 4.69) is 15.6 Å². The van der Waals surface area contributed by atoms with Crippen molar-refractivity contribution in [2.24, 2.45) is 0 Å². The molecule has 3 heterocycles. The third-order valence-electron chi connectivity index (χ3n) is 5.38. The summed E-state index contributed by atoms with van der Waals surface area (Å²) in [4.78, 5) is 25.4. The van der Waals surface area contributed by atoms with Gasteiger partial charge in [-0.15, -0.1) is 5.10 Å². The largest absolute Gasteiger partial charge is 0.361 e. The van der Waals surface area contributed by atoms with Gasteiger partial charge in [0.1, 0.15) is 5.76 Å². The fourth-order valence-electron chi connectivity index (χ4n) is 3.86. The van der Waals surface area contributed by atoms with Crippen molar-refractivity contribution in [2.75, 3.05) is 0 Å². The van der Waals surface area contributed by atoms with Crippen LogP contribution in [0.5, 0.6) is 0 Å². The Hall–Kier alpha value is -3.42. The highest BCUT2D eigenvalue weighted by Crippen LogP contribution is 2.18. The monoisotopic (exact) mass is 407 g/mol. The molecule has 0 fully saturated rings. The summed E-state index contributed by atoms with van der Waals surface area (Å²) in [7, 11) is 0. The van der Waals surface area contributed by atoms with Crippen LogP contribution in [-0.2, 0) is 17.8 Å². The van der Waals surface area contributed by atoms with Gasteiger partial charge in [0.25, 0.3) is 0 Å². The van der Waals surface area contributed by atoms with E-state index in [9.17, 15) is 9.59 Å². The second kappa shape index (κ2) is 7.78. The quantitative estimate of drug-likeness (QED) is 0.530. The number of aryl methyl sites for hydroxylation is 3. The first-order valence-electron chi connectivity index (χ1n) is 10.0. The second-order valence-electron chi connectivity index (χ2n) is 7.78. The number of rotatable bonds is 6. The first kappa shape index (κ1) is 19.9. The van der Waals surface area contributed by atoms with Crippen LogP contribution in [-0.4, -0.2) is 31.3 Å². The number of hydrogen-bond acceptors (Lipinski definition) is 5. The summed E-state index contributed by atoms with van der Waals surface area (Å²) >= 11 is 0. The molecule has 4 aromatic rings. The molecule has 3 aromatic heterocycles. The lowest BCUT2D eigenvalue weighted by Gasteiger charge is -2.13. The van der Waals surface area contributed by atoms with Crippen molar-refractivity contribution in [3.05, 3.63) is 63.4 Å². The van der Waals surface area contributed by atoms with Crippen LogP contribution in [0.2, 0.25) is 0 Å². The van der Waals surface area contributed by atoms with E-state index in [1.54, 1.807) is 4.40 Å². The molecule has 4 rings (SSSR count). The first-order valence-corrected chi connectivity index (χ1v) is 10.0. The highest BCUT2D eigenvalue weighted by molar-refractivity contribution is 5.83. The first-order chi connectivity index (χ1) is 14.3. The summed E-state index contributed by atoms with van der Waals surface area (Å²) in [6, 6.07) is 9.53. The Kier molecular flexibility index (Phi) is 5.15. The number of carbonyl (C=O) groups is 1. The Balaban J connectivity index is 1.49. The summed E-state index contributed by atoms with van der Waals surface area (Å²) in [6.07, 6.45) is 0.899. The van der Waals surface area contributed by atoms with E-state index in [4.69, 9.17) is 4.52 Å². The van der Waals surface area contributed by atoms with Crippen LogP contribution in [0.4, 0.5) is 0 Å². The number of nitrogens with zero attached hydrogens (tertiary/aromatic N) is 4. The smallest absolute Gasteiger partial charge is 0.350 e. The predicted molar refractivity (Wildman–Crippen MR) is 114 cm³/mol. The van der Waals surface area contributed by atoms with E-state index in [-0.39, 0.29) is 17.6 Å². The molecule has 0 spiro atoms. The van der Waals surface area contributed by atoms with Crippen LogP contribution in [0.15, 0.2) is 39.6 Å². The van der Waals surface area contributed by atoms with Gasteiger partial charge in [0.15, 0.2) is 5.65 Å². The van der Waals surface area contributed by atoms with Crippen molar-refractivity contribution in [3.8, 4) is 0 Å². The van der Waals surface area contributed by atoms with Crippen molar-refractivity contribution in [1.82, 2.24) is 24.7 Å². The Morgan fingerprint density at radius 3 is 2.73 bits per heavy atom. The zero-order valence-corrected chi connectivity index (χ0v) is 17.6. The molecule has 0 aliphatic heterocycles. The topological polar surface area (TPSA) is 94.4 Å². The van der Waals surface area contributed by atoms with Gasteiger partial charge in [-0.05, 0) is 57.2 Å². The van der Waals surface area contributed by atoms with Gasteiger partial charge in [-0.2, -0.15) is 0 Å². The van der Waals surface area contributed by atoms with Crippen molar-refractivity contribution < 1.29 is 9.32 Å². The number of para-hydroxylation sites is 1. The van der Waals surface area contributed by atoms with Gasteiger partial charge in [0.05, 0.1) is 17.8 Å². The average molecular weight is 407 g/mol. The van der Waals surface area contributed by atoms with Crippen molar-refractivity contribution in [2.45, 2.75) is 53.1 Å². The van der Waals surface area contributed by atoms with Crippen molar-refractivity contribution in [1.29, 1.82) is 0 Å². The van der Waals surface area contributed by atoms with Crippen LogP contribution >= 0.6 is 0 Å². The Labute approximate surface area is 173 Å². The van der Waals surface area contributed by atoms with Gasteiger partial charge in [-0.3, -0.25) is 4.79 Å². The van der Waals surface area contributed by atoms with Gasteiger partial charge >= 0.3 is 5.69 Å². The van der Waals surface area contributed by atoms with E-state index >= 15 is 0 Å². The fourth-order valence-corrected chi connectivity index (χ4v) is 3.86.